The molecule has 1 heterocycles. The molecule has 0 spiro atoms. The molecule has 5 nitrogen and oxygen atoms in total. The van der Waals surface area contributed by atoms with Crippen molar-refractivity contribution in [1.82, 2.24) is 20.5 Å². The Bertz CT molecular complexity index is 812. The van der Waals surface area contributed by atoms with Gasteiger partial charge in [0.2, 0.25) is 0 Å². The largest absolute Gasteiger partial charge is 0.359 e. The second-order valence-corrected chi connectivity index (χ2v) is 7.50. The van der Waals surface area contributed by atoms with Crippen molar-refractivity contribution >= 4 is 46.7 Å². The minimum atomic E-state index is 0.437. The summed E-state index contributed by atoms with van der Waals surface area (Å²) >= 11 is 18.0. The quantitative estimate of drug-likeness (QED) is 0.439. The Hall–Kier alpha value is -1.63. The summed E-state index contributed by atoms with van der Waals surface area (Å²) in [6.07, 6.45) is 7.75. The number of aryl methyl sites for hydroxylation is 1. The molecular formula is C18H21Cl2N5S. The molecule has 0 unspecified atom stereocenters. The number of nitrogens with zero attached hydrogens (tertiary/aromatic N) is 3. The van der Waals surface area contributed by atoms with Crippen molar-refractivity contribution < 1.29 is 0 Å². The summed E-state index contributed by atoms with van der Waals surface area (Å²) < 4.78 is 1.61. The Balaban J connectivity index is 1.67. The van der Waals surface area contributed by atoms with Crippen LogP contribution in [0.4, 0.5) is 0 Å². The van der Waals surface area contributed by atoms with Gasteiger partial charge in [-0.1, -0.05) is 54.6 Å². The summed E-state index contributed by atoms with van der Waals surface area (Å²) in [5.41, 5.74) is 5.07. The number of benzene rings is 1. The summed E-state index contributed by atoms with van der Waals surface area (Å²) in [6.45, 7) is 1.87. The minimum Gasteiger partial charge on any atom is -0.359 e. The topological polar surface area (TPSA) is 54.2 Å². The van der Waals surface area contributed by atoms with Crippen LogP contribution < -0.4 is 10.7 Å². The lowest BCUT2D eigenvalue weighted by Crippen LogP contribution is -2.40. The van der Waals surface area contributed by atoms with Crippen molar-refractivity contribution in [2.24, 2.45) is 5.10 Å². The van der Waals surface area contributed by atoms with Gasteiger partial charge in [0.1, 0.15) is 5.15 Å². The van der Waals surface area contributed by atoms with Gasteiger partial charge >= 0.3 is 0 Å². The maximum atomic E-state index is 6.48. The van der Waals surface area contributed by atoms with Gasteiger partial charge in [0.05, 0.1) is 28.2 Å². The zero-order chi connectivity index (χ0) is 18.5. The first kappa shape index (κ1) is 19.1. The van der Waals surface area contributed by atoms with Gasteiger partial charge in [-0.2, -0.15) is 10.2 Å². The molecule has 0 radical (unpaired) electrons. The normalized spacial score (nSPS) is 15.3. The van der Waals surface area contributed by atoms with E-state index in [9.17, 15) is 0 Å². The first-order valence-electron chi connectivity index (χ1n) is 8.66. The molecule has 26 heavy (non-hydrogen) atoms. The first-order valence-corrected chi connectivity index (χ1v) is 9.82. The summed E-state index contributed by atoms with van der Waals surface area (Å²) in [7, 11) is 0. The Morgan fingerprint density at radius 2 is 2.00 bits per heavy atom. The zero-order valence-corrected chi connectivity index (χ0v) is 16.8. The SMILES string of the molecule is Cc1nn(-c2ccccc2Cl)c(Cl)c1/C=N\NC(=S)NC1CCCCC1. The van der Waals surface area contributed by atoms with Crippen LogP contribution in [0.1, 0.15) is 43.4 Å². The van der Waals surface area contributed by atoms with Gasteiger partial charge in [0, 0.05) is 6.04 Å². The van der Waals surface area contributed by atoms with E-state index in [1.165, 1.54) is 19.3 Å². The van der Waals surface area contributed by atoms with Crippen LogP contribution in [0.2, 0.25) is 10.2 Å². The third-order valence-electron chi connectivity index (χ3n) is 4.43. The van der Waals surface area contributed by atoms with Crippen molar-refractivity contribution in [3.63, 3.8) is 0 Å². The highest BCUT2D eigenvalue weighted by Gasteiger charge is 2.16. The fraction of sp³-hybridized carbons (Fsp3) is 0.389. The third kappa shape index (κ3) is 4.55. The average Bonchev–Trinajstić information content (AvgIpc) is 2.91. The summed E-state index contributed by atoms with van der Waals surface area (Å²) in [5.74, 6) is 0. The highest BCUT2D eigenvalue weighted by molar-refractivity contribution is 7.80. The van der Waals surface area contributed by atoms with E-state index >= 15 is 0 Å². The van der Waals surface area contributed by atoms with Crippen LogP contribution in [0.15, 0.2) is 29.4 Å². The van der Waals surface area contributed by atoms with Crippen molar-refractivity contribution in [1.29, 1.82) is 0 Å². The van der Waals surface area contributed by atoms with Crippen LogP contribution in [0.25, 0.3) is 5.69 Å². The van der Waals surface area contributed by atoms with E-state index in [4.69, 9.17) is 35.4 Å². The van der Waals surface area contributed by atoms with Crippen LogP contribution in [-0.4, -0.2) is 27.1 Å². The number of aromatic nitrogens is 2. The van der Waals surface area contributed by atoms with Crippen molar-refractivity contribution in [2.75, 3.05) is 0 Å². The molecule has 2 aromatic rings. The minimum absolute atomic E-state index is 0.437. The number of nitrogens with one attached hydrogen (secondary N) is 2. The predicted octanol–water partition coefficient (Wildman–Crippen LogP) is 4.62. The third-order valence-corrected chi connectivity index (χ3v) is 5.32. The molecule has 0 atom stereocenters. The number of hydrogen-bond acceptors (Lipinski definition) is 3. The second-order valence-electron chi connectivity index (χ2n) is 6.33. The monoisotopic (exact) mass is 409 g/mol. The van der Waals surface area contributed by atoms with Crippen LogP contribution in [0, 0.1) is 6.92 Å². The molecule has 1 aliphatic carbocycles. The Morgan fingerprint density at radius 3 is 2.73 bits per heavy atom. The molecule has 1 aromatic heterocycles. The van der Waals surface area contributed by atoms with Gasteiger partial charge in [0.15, 0.2) is 5.11 Å². The van der Waals surface area contributed by atoms with Gasteiger partial charge in [-0.25, -0.2) is 4.68 Å². The number of rotatable bonds is 4. The van der Waals surface area contributed by atoms with E-state index in [0.717, 1.165) is 29.8 Å². The van der Waals surface area contributed by atoms with Crippen LogP contribution in [-0.2, 0) is 0 Å². The van der Waals surface area contributed by atoms with E-state index in [-0.39, 0.29) is 0 Å². The Kier molecular flexibility index (Phi) is 6.51. The number of halogens is 2. The molecule has 0 bridgehead atoms. The van der Waals surface area contributed by atoms with E-state index in [1.54, 1.807) is 17.0 Å². The van der Waals surface area contributed by atoms with Crippen molar-refractivity contribution in [3.05, 3.63) is 45.7 Å². The zero-order valence-electron chi connectivity index (χ0n) is 14.5. The number of thiocarbonyl (C=S) groups is 1. The average molecular weight is 410 g/mol. The number of hydrazone groups is 1. The first-order chi connectivity index (χ1) is 12.6. The Labute approximate surface area is 168 Å². The van der Waals surface area contributed by atoms with E-state index < -0.39 is 0 Å². The van der Waals surface area contributed by atoms with Gasteiger partial charge in [0.25, 0.3) is 0 Å². The summed E-state index contributed by atoms with van der Waals surface area (Å²) in [5, 5.41) is 13.5. The lowest BCUT2D eigenvalue weighted by Gasteiger charge is -2.23. The highest BCUT2D eigenvalue weighted by Crippen LogP contribution is 2.26. The van der Waals surface area contributed by atoms with Gasteiger partial charge in [-0.15, -0.1) is 0 Å². The van der Waals surface area contributed by atoms with E-state index in [2.05, 4.69) is 20.9 Å². The van der Waals surface area contributed by atoms with Crippen molar-refractivity contribution in [3.8, 4) is 5.69 Å². The lowest BCUT2D eigenvalue weighted by atomic mass is 9.96. The molecule has 2 N–H and O–H groups in total. The van der Waals surface area contributed by atoms with Gasteiger partial charge in [-0.3, -0.25) is 5.43 Å². The molecule has 1 saturated carbocycles. The standard InChI is InChI=1S/C18H21Cl2N5S/c1-12-14(11-21-23-18(26)22-13-7-3-2-4-8-13)17(20)25(24-12)16-10-6-5-9-15(16)19/h5-6,9-11,13H,2-4,7-8H2,1H3,(H2,22,23,26)/b21-11-. The van der Waals surface area contributed by atoms with Crippen LogP contribution in [0.5, 0.6) is 0 Å². The molecule has 0 aliphatic heterocycles. The lowest BCUT2D eigenvalue weighted by molar-refractivity contribution is 0.412. The van der Waals surface area contributed by atoms with Crippen molar-refractivity contribution in [2.45, 2.75) is 45.1 Å². The maximum absolute atomic E-state index is 6.48. The van der Waals surface area contributed by atoms with E-state index in [0.29, 0.717) is 21.3 Å². The molecule has 3 rings (SSSR count). The maximum Gasteiger partial charge on any atom is 0.187 e. The highest BCUT2D eigenvalue weighted by atomic mass is 35.5. The number of hydrogen-bond donors (Lipinski definition) is 2. The predicted molar refractivity (Wildman–Crippen MR) is 112 cm³/mol. The molecule has 0 saturated heterocycles. The molecule has 1 aromatic carbocycles. The fourth-order valence-electron chi connectivity index (χ4n) is 3.06. The molecular weight excluding hydrogens is 389 g/mol. The van der Waals surface area contributed by atoms with E-state index in [1.807, 2.05) is 25.1 Å². The molecule has 0 amide bonds. The van der Waals surface area contributed by atoms with Gasteiger partial charge < -0.3 is 5.32 Å². The van der Waals surface area contributed by atoms with Crippen LogP contribution >= 0.6 is 35.4 Å². The van der Waals surface area contributed by atoms with Gasteiger partial charge in [-0.05, 0) is 44.1 Å². The number of para-hydroxylation sites is 1. The summed E-state index contributed by atoms with van der Waals surface area (Å²) in [4.78, 5) is 0. The summed E-state index contributed by atoms with van der Waals surface area (Å²) in [6, 6.07) is 7.85. The Morgan fingerprint density at radius 1 is 1.27 bits per heavy atom. The molecule has 138 valence electrons. The second kappa shape index (κ2) is 8.84. The molecule has 1 fully saturated rings. The molecule has 1 aliphatic rings. The molecule has 8 heteroatoms. The smallest absolute Gasteiger partial charge is 0.187 e. The van der Waals surface area contributed by atoms with Crippen LogP contribution in [0.3, 0.4) is 0 Å². The fourth-order valence-corrected chi connectivity index (χ4v) is 3.81.